The fraction of sp³-hybridized carbons (Fsp3) is 0.438. The number of para-hydroxylation sites is 1. The van der Waals surface area contributed by atoms with E-state index in [2.05, 4.69) is 15.6 Å². The molecule has 1 heterocycles. The van der Waals surface area contributed by atoms with Gasteiger partial charge in [-0.15, -0.1) is 5.10 Å². The zero-order chi connectivity index (χ0) is 15.4. The van der Waals surface area contributed by atoms with Crippen LogP contribution in [-0.2, 0) is 0 Å². The molecule has 2 aromatic rings. The molecule has 6 nitrogen and oxygen atoms in total. The number of hydrogen-bond acceptors (Lipinski definition) is 4. The Morgan fingerprint density at radius 3 is 2.91 bits per heavy atom. The quantitative estimate of drug-likeness (QED) is 0.898. The van der Waals surface area contributed by atoms with Crippen molar-refractivity contribution in [3.8, 4) is 5.69 Å². The van der Waals surface area contributed by atoms with Crippen molar-refractivity contribution in [3.63, 3.8) is 0 Å². The van der Waals surface area contributed by atoms with Crippen LogP contribution in [0.1, 0.15) is 36.2 Å². The molecule has 2 atom stereocenters. The molecule has 0 spiro atoms. The lowest BCUT2D eigenvalue weighted by Gasteiger charge is -2.25. The Balaban J connectivity index is 1.58. The molecule has 6 heteroatoms. The number of carbonyl (C=O) groups excluding carboxylic acids is 1. The maximum absolute atomic E-state index is 12.1. The van der Waals surface area contributed by atoms with Crippen molar-refractivity contribution in [2.45, 2.75) is 31.8 Å². The number of nitrogens with one attached hydrogen (secondary N) is 1. The first-order valence-corrected chi connectivity index (χ1v) is 7.66. The fourth-order valence-corrected chi connectivity index (χ4v) is 2.85. The van der Waals surface area contributed by atoms with E-state index in [-0.39, 0.29) is 12.0 Å². The molecule has 1 fully saturated rings. The van der Waals surface area contributed by atoms with Crippen molar-refractivity contribution in [3.05, 3.63) is 42.2 Å². The molecule has 2 N–H and O–H groups in total. The number of amides is 1. The molecule has 0 bridgehead atoms. The van der Waals surface area contributed by atoms with Crippen LogP contribution in [0.5, 0.6) is 0 Å². The van der Waals surface area contributed by atoms with E-state index in [1.54, 1.807) is 10.9 Å². The Morgan fingerprint density at radius 1 is 1.32 bits per heavy atom. The first-order chi connectivity index (χ1) is 10.7. The Bertz CT molecular complexity index is 626. The van der Waals surface area contributed by atoms with Crippen molar-refractivity contribution in [1.29, 1.82) is 0 Å². The first kappa shape index (κ1) is 14.7. The molecule has 1 aromatic heterocycles. The van der Waals surface area contributed by atoms with Gasteiger partial charge in [0, 0.05) is 6.54 Å². The topological polar surface area (TPSA) is 80.0 Å². The van der Waals surface area contributed by atoms with Gasteiger partial charge < -0.3 is 10.4 Å². The SMILES string of the molecule is O=C(NCC1CCCC(O)C1)c1cn(-c2ccccc2)nn1. The van der Waals surface area contributed by atoms with Crippen molar-refractivity contribution in [1.82, 2.24) is 20.3 Å². The number of aliphatic hydroxyl groups is 1. The van der Waals surface area contributed by atoms with Crippen LogP contribution in [-0.4, -0.2) is 38.7 Å². The zero-order valence-corrected chi connectivity index (χ0v) is 12.4. The summed E-state index contributed by atoms with van der Waals surface area (Å²) < 4.78 is 1.58. The van der Waals surface area contributed by atoms with Crippen LogP contribution in [0.25, 0.3) is 5.69 Å². The normalized spacial score (nSPS) is 21.5. The van der Waals surface area contributed by atoms with E-state index < -0.39 is 0 Å². The molecule has 1 aliphatic carbocycles. The number of hydrogen-bond donors (Lipinski definition) is 2. The van der Waals surface area contributed by atoms with Gasteiger partial charge in [0.15, 0.2) is 5.69 Å². The summed E-state index contributed by atoms with van der Waals surface area (Å²) in [5.74, 6) is 0.124. The Hall–Kier alpha value is -2.21. The number of nitrogens with zero attached hydrogens (tertiary/aromatic N) is 3. The lowest BCUT2D eigenvalue weighted by molar-refractivity contribution is 0.0870. The molecular formula is C16H20N4O2. The smallest absolute Gasteiger partial charge is 0.273 e. The van der Waals surface area contributed by atoms with Crippen LogP contribution in [0.15, 0.2) is 36.5 Å². The maximum Gasteiger partial charge on any atom is 0.273 e. The standard InChI is InChI=1S/C16H20N4O2/c21-14-8-4-5-12(9-14)10-17-16(22)15-11-20(19-18-15)13-6-2-1-3-7-13/h1-3,6-7,11-12,14,21H,4-5,8-10H2,(H,17,22). The zero-order valence-electron chi connectivity index (χ0n) is 12.4. The van der Waals surface area contributed by atoms with Crippen molar-refractivity contribution in [2.75, 3.05) is 6.54 Å². The molecule has 1 saturated carbocycles. The maximum atomic E-state index is 12.1. The molecule has 1 aliphatic rings. The van der Waals surface area contributed by atoms with Gasteiger partial charge in [-0.2, -0.15) is 0 Å². The molecular weight excluding hydrogens is 280 g/mol. The lowest BCUT2D eigenvalue weighted by Crippen LogP contribution is -2.33. The van der Waals surface area contributed by atoms with E-state index in [0.717, 1.165) is 31.4 Å². The summed E-state index contributed by atoms with van der Waals surface area (Å²) in [5.41, 5.74) is 1.17. The number of aromatic nitrogens is 3. The molecule has 0 saturated heterocycles. The summed E-state index contributed by atoms with van der Waals surface area (Å²) in [7, 11) is 0. The predicted octanol–water partition coefficient (Wildman–Crippen LogP) is 1.55. The Kier molecular flexibility index (Phi) is 4.48. The molecule has 22 heavy (non-hydrogen) atoms. The number of rotatable bonds is 4. The number of carbonyl (C=O) groups is 1. The summed E-state index contributed by atoms with van der Waals surface area (Å²) in [6.45, 7) is 0.577. The second-order valence-corrected chi connectivity index (χ2v) is 5.78. The second kappa shape index (κ2) is 6.70. The molecule has 3 rings (SSSR count). The van der Waals surface area contributed by atoms with E-state index in [9.17, 15) is 9.90 Å². The molecule has 1 aromatic carbocycles. The Morgan fingerprint density at radius 2 is 2.14 bits per heavy atom. The van der Waals surface area contributed by atoms with E-state index in [4.69, 9.17) is 0 Å². The van der Waals surface area contributed by atoms with Gasteiger partial charge in [-0.1, -0.05) is 29.8 Å². The highest BCUT2D eigenvalue weighted by Gasteiger charge is 2.21. The first-order valence-electron chi connectivity index (χ1n) is 7.66. The Labute approximate surface area is 129 Å². The van der Waals surface area contributed by atoms with Gasteiger partial charge in [0.1, 0.15) is 0 Å². The van der Waals surface area contributed by atoms with Crippen LogP contribution in [0.4, 0.5) is 0 Å². The molecule has 116 valence electrons. The van der Waals surface area contributed by atoms with E-state index in [0.29, 0.717) is 18.2 Å². The third-order valence-corrected chi connectivity index (χ3v) is 4.05. The van der Waals surface area contributed by atoms with E-state index in [1.165, 1.54) is 0 Å². The molecule has 0 aliphatic heterocycles. The molecule has 1 amide bonds. The average Bonchev–Trinajstić information content (AvgIpc) is 3.04. The van der Waals surface area contributed by atoms with Crippen LogP contribution in [0.2, 0.25) is 0 Å². The minimum Gasteiger partial charge on any atom is -0.393 e. The minimum absolute atomic E-state index is 0.220. The third-order valence-electron chi connectivity index (χ3n) is 4.05. The highest BCUT2D eigenvalue weighted by atomic mass is 16.3. The summed E-state index contributed by atoms with van der Waals surface area (Å²) in [4.78, 5) is 12.1. The van der Waals surface area contributed by atoms with Gasteiger partial charge in [0.2, 0.25) is 0 Å². The van der Waals surface area contributed by atoms with Crippen molar-refractivity contribution >= 4 is 5.91 Å². The second-order valence-electron chi connectivity index (χ2n) is 5.78. The highest BCUT2D eigenvalue weighted by Crippen LogP contribution is 2.23. The minimum atomic E-state index is -0.227. The van der Waals surface area contributed by atoms with E-state index in [1.807, 2.05) is 30.3 Å². The van der Waals surface area contributed by atoms with Crippen LogP contribution >= 0.6 is 0 Å². The third kappa shape index (κ3) is 3.51. The van der Waals surface area contributed by atoms with Crippen molar-refractivity contribution in [2.24, 2.45) is 5.92 Å². The molecule has 0 radical (unpaired) electrons. The van der Waals surface area contributed by atoms with Gasteiger partial charge in [-0.05, 0) is 37.3 Å². The van der Waals surface area contributed by atoms with Gasteiger partial charge >= 0.3 is 0 Å². The summed E-state index contributed by atoms with van der Waals surface area (Å²) in [5, 5.41) is 20.4. The number of benzene rings is 1. The van der Waals surface area contributed by atoms with Gasteiger partial charge in [0.25, 0.3) is 5.91 Å². The van der Waals surface area contributed by atoms with Crippen molar-refractivity contribution < 1.29 is 9.90 Å². The monoisotopic (exact) mass is 300 g/mol. The largest absolute Gasteiger partial charge is 0.393 e. The fourth-order valence-electron chi connectivity index (χ4n) is 2.85. The summed E-state index contributed by atoms with van der Waals surface area (Å²) >= 11 is 0. The van der Waals surface area contributed by atoms with Crippen LogP contribution < -0.4 is 5.32 Å². The van der Waals surface area contributed by atoms with Gasteiger partial charge in [-0.3, -0.25) is 4.79 Å². The molecule has 2 unspecified atom stereocenters. The van der Waals surface area contributed by atoms with Gasteiger partial charge in [-0.25, -0.2) is 4.68 Å². The lowest BCUT2D eigenvalue weighted by atomic mass is 9.87. The summed E-state index contributed by atoms with van der Waals surface area (Å²) in [6, 6.07) is 9.54. The highest BCUT2D eigenvalue weighted by molar-refractivity contribution is 5.91. The van der Waals surface area contributed by atoms with Crippen LogP contribution in [0, 0.1) is 5.92 Å². The predicted molar refractivity (Wildman–Crippen MR) is 81.7 cm³/mol. The average molecular weight is 300 g/mol. The van der Waals surface area contributed by atoms with Crippen LogP contribution in [0.3, 0.4) is 0 Å². The van der Waals surface area contributed by atoms with E-state index >= 15 is 0 Å². The van der Waals surface area contributed by atoms with Gasteiger partial charge in [0.05, 0.1) is 18.0 Å². The summed E-state index contributed by atoms with van der Waals surface area (Å²) in [6.07, 6.45) is 5.10. The number of aliphatic hydroxyl groups excluding tert-OH is 1.